The van der Waals surface area contributed by atoms with E-state index in [4.69, 9.17) is 4.74 Å². The summed E-state index contributed by atoms with van der Waals surface area (Å²) in [7, 11) is 0. The van der Waals surface area contributed by atoms with Crippen LogP contribution in [0.5, 0.6) is 0 Å². The fraction of sp³-hybridized carbons (Fsp3) is 0.545. The average Bonchev–Trinajstić information content (AvgIpc) is 2.65. The van der Waals surface area contributed by atoms with Crippen molar-refractivity contribution in [3.63, 3.8) is 0 Å². The van der Waals surface area contributed by atoms with E-state index < -0.39 is 0 Å². The van der Waals surface area contributed by atoms with Crippen LogP contribution in [0.4, 0.5) is 0 Å². The topological polar surface area (TPSA) is 26.3 Å². The lowest BCUT2D eigenvalue weighted by atomic mass is 10.1. The molecule has 0 saturated heterocycles. The standard InChI is InChI=1S/C11H15BrO2S/c1-3-5-14-11(9(13)4-2)10-6-8(12)7-15-10/h6-7,11H,3-5H2,1-2H3. The Hall–Kier alpha value is -0.190. The molecule has 0 aromatic carbocycles. The number of ether oxygens (including phenoxy) is 1. The fourth-order valence-corrected chi connectivity index (χ4v) is 2.73. The summed E-state index contributed by atoms with van der Waals surface area (Å²) >= 11 is 4.94. The number of thiophene rings is 1. The molecule has 0 amide bonds. The Balaban J connectivity index is 2.76. The van der Waals surface area contributed by atoms with E-state index in [1.807, 2.05) is 25.3 Å². The Morgan fingerprint density at radius 1 is 1.60 bits per heavy atom. The first-order valence-corrected chi connectivity index (χ1v) is 6.74. The minimum Gasteiger partial charge on any atom is -0.365 e. The van der Waals surface area contributed by atoms with Crippen LogP contribution in [0, 0.1) is 0 Å². The maximum absolute atomic E-state index is 11.7. The van der Waals surface area contributed by atoms with Gasteiger partial charge in [-0.25, -0.2) is 0 Å². The van der Waals surface area contributed by atoms with Crippen LogP contribution in [-0.2, 0) is 9.53 Å². The summed E-state index contributed by atoms with van der Waals surface area (Å²) in [6.45, 7) is 4.54. The Morgan fingerprint density at radius 3 is 2.80 bits per heavy atom. The Bertz CT molecular complexity index is 322. The molecule has 0 saturated carbocycles. The number of halogens is 1. The summed E-state index contributed by atoms with van der Waals surface area (Å²) < 4.78 is 6.59. The molecule has 0 radical (unpaired) electrons. The molecule has 0 bridgehead atoms. The second-order valence-electron chi connectivity index (χ2n) is 3.24. The zero-order valence-electron chi connectivity index (χ0n) is 8.96. The molecule has 15 heavy (non-hydrogen) atoms. The Labute approximate surface area is 103 Å². The van der Waals surface area contributed by atoms with Crippen LogP contribution in [0.15, 0.2) is 15.9 Å². The number of Topliss-reactive ketones (excluding diaryl/α,β-unsaturated/α-hetero) is 1. The summed E-state index contributed by atoms with van der Waals surface area (Å²) in [5, 5.41) is 1.97. The van der Waals surface area contributed by atoms with E-state index in [-0.39, 0.29) is 11.9 Å². The molecule has 1 unspecified atom stereocenters. The smallest absolute Gasteiger partial charge is 0.166 e. The molecule has 1 aromatic heterocycles. The van der Waals surface area contributed by atoms with E-state index in [1.165, 1.54) is 0 Å². The van der Waals surface area contributed by atoms with Gasteiger partial charge in [0, 0.05) is 27.8 Å². The minimum absolute atomic E-state index is 0.151. The molecule has 0 N–H and O–H groups in total. The zero-order valence-corrected chi connectivity index (χ0v) is 11.4. The highest BCUT2D eigenvalue weighted by atomic mass is 79.9. The van der Waals surface area contributed by atoms with E-state index in [1.54, 1.807) is 11.3 Å². The Morgan fingerprint density at radius 2 is 2.33 bits per heavy atom. The third kappa shape index (κ3) is 3.70. The molecule has 4 heteroatoms. The molecule has 0 aliphatic rings. The normalized spacial score (nSPS) is 12.7. The van der Waals surface area contributed by atoms with Gasteiger partial charge in [-0.15, -0.1) is 11.3 Å². The van der Waals surface area contributed by atoms with Crippen molar-refractivity contribution in [2.24, 2.45) is 0 Å². The van der Waals surface area contributed by atoms with Crippen LogP contribution in [0.1, 0.15) is 37.7 Å². The van der Waals surface area contributed by atoms with Crippen LogP contribution >= 0.6 is 27.3 Å². The van der Waals surface area contributed by atoms with Crippen LogP contribution in [-0.4, -0.2) is 12.4 Å². The highest BCUT2D eigenvalue weighted by Crippen LogP contribution is 2.29. The van der Waals surface area contributed by atoms with Gasteiger partial charge in [0.1, 0.15) is 6.10 Å². The molecule has 1 aromatic rings. The number of carbonyl (C=O) groups excluding carboxylic acids is 1. The Kier molecular flexibility index (Phi) is 5.50. The van der Waals surface area contributed by atoms with Crippen molar-refractivity contribution in [2.75, 3.05) is 6.61 Å². The molecular formula is C11H15BrO2S. The molecule has 84 valence electrons. The summed E-state index contributed by atoms with van der Waals surface area (Å²) in [6.07, 6.45) is 1.08. The lowest BCUT2D eigenvalue weighted by molar-refractivity contribution is -0.130. The van der Waals surface area contributed by atoms with Gasteiger partial charge in [0.2, 0.25) is 0 Å². The van der Waals surface area contributed by atoms with E-state index >= 15 is 0 Å². The van der Waals surface area contributed by atoms with Crippen molar-refractivity contribution in [1.29, 1.82) is 0 Å². The maximum atomic E-state index is 11.7. The van der Waals surface area contributed by atoms with E-state index in [0.29, 0.717) is 13.0 Å². The van der Waals surface area contributed by atoms with Crippen LogP contribution in [0.3, 0.4) is 0 Å². The van der Waals surface area contributed by atoms with Crippen LogP contribution < -0.4 is 0 Å². The SMILES string of the molecule is CCCOC(C(=O)CC)c1cc(Br)cs1. The molecule has 0 spiro atoms. The van der Waals surface area contributed by atoms with Crippen LogP contribution in [0.2, 0.25) is 0 Å². The molecule has 0 fully saturated rings. The summed E-state index contributed by atoms with van der Waals surface area (Å²) in [5.41, 5.74) is 0. The first-order chi connectivity index (χ1) is 7.19. The first-order valence-electron chi connectivity index (χ1n) is 5.07. The van der Waals surface area contributed by atoms with E-state index in [9.17, 15) is 4.79 Å². The van der Waals surface area contributed by atoms with Crippen molar-refractivity contribution >= 4 is 33.0 Å². The van der Waals surface area contributed by atoms with Gasteiger partial charge in [0.25, 0.3) is 0 Å². The van der Waals surface area contributed by atoms with Gasteiger partial charge in [-0.05, 0) is 28.4 Å². The predicted octanol–water partition coefficient (Wildman–Crippen LogP) is 3.96. The third-order valence-electron chi connectivity index (χ3n) is 1.98. The number of hydrogen-bond donors (Lipinski definition) is 0. The molecule has 0 aliphatic heterocycles. The second kappa shape index (κ2) is 6.40. The van der Waals surface area contributed by atoms with Gasteiger partial charge >= 0.3 is 0 Å². The summed E-state index contributed by atoms with van der Waals surface area (Å²) in [4.78, 5) is 12.7. The van der Waals surface area contributed by atoms with Crippen molar-refractivity contribution < 1.29 is 9.53 Å². The minimum atomic E-state index is -0.369. The predicted molar refractivity (Wildman–Crippen MR) is 66.3 cm³/mol. The van der Waals surface area contributed by atoms with Gasteiger partial charge in [-0.2, -0.15) is 0 Å². The van der Waals surface area contributed by atoms with E-state index in [2.05, 4.69) is 15.9 Å². The van der Waals surface area contributed by atoms with Crippen molar-refractivity contribution in [1.82, 2.24) is 0 Å². The molecule has 1 heterocycles. The lowest BCUT2D eigenvalue weighted by Crippen LogP contribution is -2.14. The average molecular weight is 291 g/mol. The summed E-state index contributed by atoms with van der Waals surface area (Å²) in [5.74, 6) is 0.151. The van der Waals surface area contributed by atoms with Gasteiger partial charge < -0.3 is 4.74 Å². The monoisotopic (exact) mass is 290 g/mol. The van der Waals surface area contributed by atoms with Gasteiger partial charge in [-0.1, -0.05) is 13.8 Å². The molecular weight excluding hydrogens is 276 g/mol. The quantitative estimate of drug-likeness (QED) is 0.793. The van der Waals surface area contributed by atoms with Crippen molar-refractivity contribution in [3.05, 3.63) is 20.8 Å². The lowest BCUT2D eigenvalue weighted by Gasteiger charge is -2.13. The highest BCUT2D eigenvalue weighted by Gasteiger charge is 2.20. The molecule has 1 atom stereocenters. The molecule has 1 rings (SSSR count). The number of carbonyl (C=O) groups is 1. The fourth-order valence-electron chi connectivity index (χ4n) is 1.22. The maximum Gasteiger partial charge on any atom is 0.166 e. The number of rotatable bonds is 6. The van der Waals surface area contributed by atoms with Crippen LogP contribution in [0.25, 0.3) is 0 Å². The second-order valence-corrected chi connectivity index (χ2v) is 5.10. The largest absolute Gasteiger partial charge is 0.365 e. The van der Waals surface area contributed by atoms with Gasteiger partial charge in [0.05, 0.1) is 0 Å². The zero-order chi connectivity index (χ0) is 11.3. The number of hydrogen-bond acceptors (Lipinski definition) is 3. The van der Waals surface area contributed by atoms with E-state index in [0.717, 1.165) is 15.8 Å². The molecule has 0 aliphatic carbocycles. The third-order valence-corrected chi connectivity index (χ3v) is 3.71. The van der Waals surface area contributed by atoms with Crippen molar-refractivity contribution in [2.45, 2.75) is 32.8 Å². The van der Waals surface area contributed by atoms with Crippen molar-refractivity contribution in [3.8, 4) is 0 Å². The first kappa shape index (κ1) is 12.9. The van der Waals surface area contributed by atoms with Gasteiger partial charge in [-0.3, -0.25) is 4.79 Å². The number of ketones is 1. The summed E-state index contributed by atoms with van der Waals surface area (Å²) in [6, 6.07) is 1.96. The molecule has 2 nitrogen and oxygen atoms in total. The van der Waals surface area contributed by atoms with Gasteiger partial charge in [0.15, 0.2) is 5.78 Å². The highest BCUT2D eigenvalue weighted by molar-refractivity contribution is 9.10.